The molecule has 27 heavy (non-hydrogen) atoms. The van der Waals surface area contributed by atoms with Gasteiger partial charge in [0.1, 0.15) is 5.56 Å². The number of thiazole rings is 1. The standard InChI is InChI=1S/C16H15ClN4O5S/c1-2-26-16(23)19-15-18-11-5-6-20(8-13(11)27-15)14(22)10-7-9(17)3-4-12(10)21(24)25/h3-4,7H,2,5-6,8H2,1H3,(H,18,19,23). The lowest BCUT2D eigenvalue weighted by molar-refractivity contribution is -0.385. The van der Waals surface area contributed by atoms with Gasteiger partial charge in [-0.3, -0.25) is 20.2 Å². The smallest absolute Gasteiger partial charge is 0.413 e. The number of anilines is 1. The molecule has 9 nitrogen and oxygen atoms in total. The third kappa shape index (κ3) is 4.17. The van der Waals surface area contributed by atoms with Crippen molar-refractivity contribution in [2.45, 2.75) is 19.9 Å². The van der Waals surface area contributed by atoms with E-state index in [1.807, 2.05) is 0 Å². The fraction of sp³-hybridized carbons (Fsp3) is 0.312. The highest BCUT2D eigenvalue weighted by Crippen LogP contribution is 2.31. The summed E-state index contributed by atoms with van der Waals surface area (Å²) in [6.45, 7) is 2.56. The number of aromatic nitrogens is 1. The van der Waals surface area contributed by atoms with E-state index < -0.39 is 16.9 Å². The van der Waals surface area contributed by atoms with E-state index in [2.05, 4.69) is 10.3 Å². The Bertz CT molecular complexity index is 916. The lowest BCUT2D eigenvalue weighted by Gasteiger charge is -2.26. The minimum atomic E-state index is -0.604. The predicted molar refractivity (Wildman–Crippen MR) is 99.3 cm³/mol. The summed E-state index contributed by atoms with van der Waals surface area (Å²) in [4.78, 5) is 41.6. The SMILES string of the molecule is CCOC(=O)Nc1nc2c(s1)CN(C(=O)c1cc(Cl)ccc1[N+](=O)[O-])CC2. The first-order valence-electron chi connectivity index (χ1n) is 8.04. The van der Waals surface area contributed by atoms with Crippen molar-refractivity contribution in [1.82, 2.24) is 9.88 Å². The van der Waals surface area contributed by atoms with E-state index in [0.29, 0.717) is 18.1 Å². The summed E-state index contributed by atoms with van der Waals surface area (Å²) in [5, 5.41) is 14.4. The summed E-state index contributed by atoms with van der Waals surface area (Å²) in [6, 6.07) is 3.90. The third-order valence-electron chi connectivity index (χ3n) is 3.89. The van der Waals surface area contributed by atoms with Crippen LogP contribution in [0.5, 0.6) is 0 Å². The number of nitro benzene ring substituents is 1. The van der Waals surface area contributed by atoms with Gasteiger partial charge in [-0.1, -0.05) is 22.9 Å². The lowest BCUT2D eigenvalue weighted by atomic mass is 10.1. The molecule has 0 spiro atoms. The average molecular weight is 411 g/mol. The Morgan fingerprint density at radius 3 is 2.96 bits per heavy atom. The molecule has 142 valence electrons. The van der Waals surface area contributed by atoms with Crippen LogP contribution in [0.4, 0.5) is 15.6 Å². The minimum Gasteiger partial charge on any atom is -0.450 e. The number of halogens is 1. The molecule has 1 aliphatic rings. The van der Waals surface area contributed by atoms with Crippen LogP contribution in [0.2, 0.25) is 5.02 Å². The average Bonchev–Trinajstić information content (AvgIpc) is 3.02. The Morgan fingerprint density at radius 2 is 2.26 bits per heavy atom. The van der Waals surface area contributed by atoms with Crippen molar-refractivity contribution in [1.29, 1.82) is 0 Å². The van der Waals surface area contributed by atoms with Gasteiger partial charge in [-0.2, -0.15) is 0 Å². The van der Waals surface area contributed by atoms with Crippen molar-refractivity contribution in [2.24, 2.45) is 0 Å². The summed E-state index contributed by atoms with van der Waals surface area (Å²) in [5.74, 6) is -0.469. The van der Waals surface area contributed by atoms with Crippen molar-refractivity contribution >= 4 is 45.8 Å². The van der Waals surface area contributed by atoms with Crippen LogP contribution in [0, 0.1) is 10.1 Å². The van der Waals surface area contributed by atoms with Crippen LogP contribution < -0.4 is 5.32 Å². The lowest BCUT2D eigenvalue weighted by Crippen LogP contribution is -2.35. The summed E-state index contributed by atoms with van der Waals surface area (Å²) < 4.78 is 4.82. The Labute approximate surface area is 163 Å². The second-order valence-electron chi connectivity index (χ2n) is 5.63. The van der Waals surface area contributed by atoms with Gasteiger partial charge >= 0.3 is 6.09 Å². The van der Waals surface area contributed by atoms with Crippen LogP contribution in [0.1, 0.15) is 27.9 Å². The highest BCUT2D eigenvalue weighted by Gasteiger charge is 2.29. The van der Waals surface area contributed by atoms with Gasteiger partial charge in [-0.25, -0.2) is 9.78 Å². The summed E-state index contributed by atoms with van der Waals surface area (Å²) in [6.07, 6.45) is -0.109. The van der Waals surface area contributed by atoms with E-state index in [1.165, 1.54) is 34.4 Å². The van der Waals surface area contributed by atoms with E-state index in [0.717, 1.165) is 10.6 Å². The Morgan fingerprint density at radius 1 is 1.48 bits per heavy atom. The normalized spacial score (nSPS) is 13.0. The monoisotopic (exact) mass is 410 g/mol. The zero-order chi connectivity index (χ0) is 19.6. The van der Waals surface area contributed by atoms with Gasteiger partial charge in [-0.05, 0) is 19.1 Å². The number of hydrogen-bond donors (Lipinski definition) is 1. The van der Waals surface area contributed by atoms with Gasteiger partial charge in [0, 0.05) is 28.9 Å². The van der Waals surface area contributed by atoms with Gasteiger partial charge < -0.3 is 9.64 Å². The molecule has 0 bridgehead atoms. The van der Waals surface area contributed by atoms with Crippen molar-refractivity contribution < 1.29 is 19.2 Å². The zero-order valence-corrected chi connectivity index (χ0v) is 15.8. The number of amides is 2. The molecule has 2 amide bonds. The molecule has 0 unspecified atom stereocenters. The second-order valence-corrected chi connectivity index (χ2v) is 7.15. The summed E-state index contributed by atoms with van der Waals surface area (Å²) in [7, 11) is 0. The molecule has 0 saturated carbocycles. The fourth-order valence-corrected chi connectivity index (χ4v) is 3.87. The molecule has 2 aromatic rings. The Kier molecular flexibility index (Phi) is 5.57. The van der Waals surface area contributed by atoms with Crippen LogP contribution >= 0.6 is 22.9 Å². The van der Waals surface area contributed by atoms with Gasteiger partial charge in [0.15, 0.2) is 5.13 Å². The third-order valence-corrected chi connectivity index (χ3v) is 5.12. The quantitative estimate of drug-likeness (QED) is 0.609. The molecular formula is C16H15ClN4O5S. The fourth-order valence-electron chi connectivity index (χ4n) is 2.69. The molecule has 0 aliphatic carbocycles. The van der Waals surface area contributed by atoms with Gasteiger partial charge in [0.25, 0.3) is 11.6 Å². The first-order valence-corrected chi connectivity index (χ1v) is 9.24. The van der Waals surface area contributed by atoms with Gasteiger partial charge in [-0.15, -0.1) is 0 Å². The molecule has 3 rings (SSSR count). The number of nitrogens with zero attached hydrogens (tertiary/aromatic N) is 3. The van der Waals surface area contributed by atoms with Crippen molar-refractivity contribution in [3.63, 3.8) is 0 Å². The number of ether oxygens (including phenoxy) is 1. The number of carbonyl (C=O) groups is 2. The Hall–Kier alpha value is -2.72. The molecule has 2 heterocycles. The van der Waals surface area contributed by atoms with Crippen LogP contribution in [0.15, 0.2) is 18.2 Å². The number of fused-ring (bicyclic) bond motifs is 1. The van der Waals surface area contributed by atoms with E-state index in [4.69, 9.17) is 16.3 Å². The van der Waals surface area contributed by atoms with Crippen molar-refractivity contribution in [3.05, 3.63) is 49.5 Å². The highest BCUT2D eigenvalue weighted by molar-refractivity contribution is 7.15. The number of hydrogen-bond acceptors (Lipinski definition) is 7. The number of carbonyl (C=O) groups excluding carboxylic acids is 2. The van der Waals surface area contributed by atoms with Crippen molar-refractivity contribution in [2.75, 3.05) is 18.5 Å². The molecule has 0 saturated heterocycles. The molecule has 0 fully saturated rings. The molecular weight excluding hydrogens is 396 g/mol. The second kappa shape index (κ2) is 7.89. The molecule has 11 heteroatoms. The number of rotatable bonds is 4. The van der Waals surface area contributed by atoms with Crippen LogP contribution in [0.3, 0.4) is 0 Å². The molecule has 1 aromatic heterocycles. The molecule has 0 radical (unpaired) electrons. The number of nitro groups is 1. The summed E-state index contributed by atoms with van der Waals surface area (Å²) in [5.41, 5.74) is 0.450. The van der Waals surface area contributed by atoms with E-state index in [1.54, 1.807) is 6.92 Å². The molecule has 1 N–H and O–H groups in total. The predicted octanol–water partition coefficient (Wildman–Crippen LogP) is 3.47. The number of benzene rings is 1. The topological polar surface area (TPSA) is 115 Å². The van der Waals surface area contributed by atoms with E-state index in [-0.39, 0.29) is 29.4 Å². The molecule has 0 atom stereocenters. The highest BCUT2D eigenvalue weighted by atomic mass is 35.5. The first-order chi connectivity index (χ1) is 12.9. The van der Waals surface area contributed by atoms with E-state index >= 15 is 0 Å². The minimum absolute atomic E-state index is 0.0506. The van der Waals surface area contributed by atoms with Gasteiger partial charge in [0.2, 0.25) is 0 Å². The van der Waals surface area contributed by atoms with Crippen molar-refractivity contribution in [3.8, 4) is 0 Å². The largest absolute Gasteiger partial charge is 0.450 e. The maximum Gasteiger partial charge on any atom is 0.413 e. The number of nitrogens with one attached hydrogen (secondary N) is 1. The van der Waals surface area contributed by atoms with Crippen LogP contribution in [-0.2, 0) is 17.7 Å². The summed E-state index contributed by atoms with van der Waals surface area (Å²) >= 11 is 7.15. The van der Waals surface area contributed by atoms with Crippen LogP contribution in [-0.4, -0.2) is 40.0 Å². The zero-order valence-electron chi connectivity index (χ0n) is 14.2. The maximum absolute atomic E-state index is 12.8. The Balaban J connectivity index is 1.79. The molecule has 1 aliphatic heterocycles. The van der Waals surface area contributed by atoms with E-state index in [9.17, 15) is 19.7 Å². The van der Waals surface area contributed by atoms with Gasteiger partial charge in [0.05, 0.1) is 23.8 Å². The molecule has 1 aromatic carbocycles. The van der Waals surface area contributed by atoms with Crippen LogP contribution in [0.25, 0.3) is 0 Å². The maximum atomic E-state index is 12.8. The first kappa shape index (κ1) is 19.1.